The Balaban J connectivity index is 1.43. The van der Waals surface area contributed by atoms with Gasteiger partial charge in [0.05, 0.1) is 23.3 Å². The standard InChI is InChI=1S/C26H30N4O2/c1-29(2)12-3-13-32-22-7-4-19(5-8-22)21-6-9-24-23(16-21)26-25(20-10-14-31-15-11-20)28-18-30(26)17-27-24/h4-9,16-18,20H,3,10-15H2,1-2H3. The monoisotopic (exact) mass is 430 g/mol. The summed E-state index contributed by atoms with van der Waals surface area (Å²) in [5, 5.41) is 1.15. The van der Waals surface area contributed by atoms with E-state index >= 15 is 0 Å². The topological polar surface area (TPSA) is 51.9 Å². The molecule has 1 fully saturated rings. The minimum absolute atomic E-state index is 0.437. The second kappa shape index (κ2) is 9.27. The van der Waals surface area contributed by atoms with Gasteiger partial charge < -0.3 is 14.4 Å². The highest BCUT2D eigenvalue weighted by Crippen LogP contribution is 2.34. The summed E-state index contributed by atoms with van der Waals surface area (Å²) < 4.78 is 13.5. The summed E-state index contributed by atoms with van der Waals surface area (Å²) in [6.07, 6.45) is 6.82. The average Bonchev–Trinajstić information content (AvgIpc) is 3.27. The van der Waals surface area contributed by atoms with Crippen LogP contribution in [0.4, 0.5) is 0 Å². The minimum atomic E-state index is 0.437. The van der Waals surface area contributed by atoms with E-state index in [4.69, 9.17) is 14.5 Å². The Kier molecular flexibility index (Phi) is 6.06. The summed E-state index contributed by atoms with van der Waals surface area (Å²) in [4.78, 5) is 11.6. The fraction of sp³-hybridized carbons (Fsp3) is 0.385. The Morgan fingerprint density at radius 1 is 1.00 bits per heavy atom. The molecule has 0 bridgehead atoms. The maximum atomic E-state index is 5.89. The summed E-state index contributed by atoms with van der Waals surface area (Å²) in [5.41, 5.74) is 5.67. The molecule has 1 aliphatic heterocycles. The molecule has 0 N–H and O–H groups in total. The second-order valence-electron chi connectivity index (χ2n) is 8.78. The van der Waals surface area contributed by atoms with Gasteiger partial charge in [-0.05, 0) is 68.8 Å². The Morgan fingerprint density at radius 2 is 1.75 bits per heavy atom. The minimum Gasteiger partial charge on any atom is -0.494 e. The van der Waals surface area contributed by atoms with Crippen LogP contribution in [0.15, 0.2) is 55.1 Å². The molecule has 0 aliphatic carbocycles. The zero-order valence-corrected chi connectivity index (χ0v) is 18.8. The third-order valence-corrected chi connectivity index (χ3v) is 6.21. The number of rotatable bonds is 7. The number of benzene rings is 2. The van der Waals surface area contributed by atoms with E-state index in [0.29, 0.717) is 5.92 Å². The van der Waals surface area contributed by atoms with E-state index in [1.807, 2.05) is 12.7 Å². The maximum Gasteiger partial charge on any atom is 0.119 e. The summed E-state index contributed by atoms with van der Waals surface area (Å²) in [6, 6.07) is 14.9. The molecule has 2 aromatic carbocycles. The first-order valence-electron chi connectivity index (χ1n) is 11.4. The van der Waals surface area contributed by atoms with Crippen molar-refractivity contribution in [2.24, 2.45) is 0 Å². The Labute approximate surface area is 188 Å². The molecule has 0 unspecified atom stereocenters. The molecule has 1 aliphatic rings. The largest absolute Gasteiger partial charge is 0.494 e. The number of ether oxygens (including phenoxy) is 2. The molecule has 32 heavy (non-hydrogen) atoms. The van der Waals surface area contributed by atoms with Gasteiger partial charge in [0.25, 0.3) is 0 Å². The van der Waals surface area contributed by atoms with E-state index in [-0.39, 0.29) is 0 Å². The van der Waals surface area contributed by atoms with Gasteiger partial charge in [-0.15, -0.1) is 0 Å². The van der Waals surface area contributed by atoms with Crippen LogP contribution in [-0.4, -0.2) is 59.7 Å². The average molecular weight is 431 g/mol. The fourth-order valence-electron chi connectivity index (χ4n) is 4.47. The van der Waals surface area contributed by atoms with Crippen molar-refractivity contribution in [1.82, 2.24) is 19.3 Å². The SMILES string of the molecule is CN(C)CCCOc1ccc(-c2ccc3ncn4cnc(C5CCOCC5)c4c3c2)cc1. The highest BCUT2D eigenvalue weighted by molar-refractivity contribution is 5.97. The number of nitrogens with zero attached hydrogens (tertiary/aromatic N) is 4. The summed E-state index contributed by atoms with van der Waals surface area (Å²) in [7, 11) is 4.16. The van der Waals surface area contributed by atoms with Crippen molar-refractivity contribution in [2.75, 3.05) is 40.5 Å². The number of fused-ring (bicyclic) bond motifs is 3. The smallest absolute Gasteiger partial charge is 0.119 e. The third kappa shape index (κ3) is 4.33. The summed E-state index contributed by atoms with van der Waals surface area (Å²) in [5.74, 6) is 1.35. The van der Waals surface area contributed by atoms with E-state index in [1.54, 1.807) is 0 Å². The van der Waals surface area contributed by atoms with Gasteiger partial charge in [-0.25, -0.2) is 9.97 Å². The summed E-state index contributed by atoms with van der Waals surface area (Å²) >= 11 is 0. The first-order valence-corrected chi connectivity index (χ1v) is 11.4. The van der Waals surface area contributed by atoms with E-state index in [0.717, 1.165) is 62.3 Å². The lowest BCUT2D eigenvalue weighted by molar-refractivity contribution is 0.0849. The van der Waals surface area contributed by atoms with Gasteiger partial charge in [-0.3, -0.25) is 4.40 Å². The highest BCUT2D eigenvalue weighted by atomic mass is 16.5. The van der Waals surface area contributed by atoms with Crippen LogP contribution in [0.1, 0.15) is 30.9 Å². The maximum absolute atomic E-state index is 5.89. The predicted molar refractivity (Wildman–Crippen MR) is 127 cm³/mol. The second-order valence-corrected chi connectivity index (χ2v) is 8.78. The van der Waals surface area contributed by atoms with Crippen molar-refractivity contribution < 1.29 is 9.47 Å². The van der Waals surface area contributed by atoms with Crippen molar-refractivity contribution in [1.29, 1.82) is 0 Å². The van der Waals surface area contributed by atoms with Gasteiger partial charge >= 0.3 is 0 Å². The Hall–Kier alpha value is -2.96. The van der Waals surface area contributed by atoms with Crippen molar-refractivity contribution in [3.05, 3.63) is 60.8 Å². The molecule has 166 valence electrons. The normalized spacial score (nSPS) is 15.1. The highest BCUT2D eigenvalue weighted by Gasteiger charge is 2.22. The predicted octanol–water partition coefficient (Wildman–Crippen LogP) is 4.77. The molecule has 0 amide bonds. The van der Waals surface area contributed by atoms with Crippen LogP contribution in [0.25, 0.3) is 27.5 Å². The van der Waals surface area contributed by atoms with Crippen molar-refractivity contribution in [3.63, 3.8) is 0 Å². The van der Waals surface area contributed by atoms with Gasteiger partial charge in [0, 0.05) is 31.1 Å². The van der Waals surface area contributed by atoms with Crippen LogP contribution in [0.5, 0.6) is 5.75 Å². The van der Waals surface area contributed by atoms with Gasteiger partial charge in [0.1, 0.15) is 18.4 Å². The molecular weight excluding hydrogens is 400 g/mol. The molecule has 0 spiro atoms. The third-order valence-electron chi connectivity index (χ3n) is 6.21. The van der Waals surface area contributed by atoms with Crippen LogP contribution in [0.3, 0.4) is 0 Å². The van der Waals surface area contributed by atoms with E-state index in [1.165, 1.54) is 22.3 Å². The summed E-state index contributed by atoms with van der Waals surface area (Å²) in [6.45, 7) is 3.37. The lowest BCUT2D eigenvalue weighted by atomic mass is 9.94. The quantitative estimate of drug-likeness (QED) is 0.395. The molecule has 0 atom stereocenters. The Morgan fingerprint density at radius 3 is 2.53 bits per heavy atom. The molecule has 3 heterocycles. The molecule has 0 radical (unpaired) electrons. The Bertz CT molecular complexity index is 1190. The van der Waals surface area contributed by atoms with Crippen LogP contribution in [0, 0.1) is 0 Å². The molecule has 6 nitrogen and oxygen atoms in total. The lowest BCUT2D eigenvalue weighted by Crippen LogP contribution is -2.15. The van der Waals surface area contributed by atoms with Crippen LogP contribution in [-0.2, 0) is 4.74 Å². The first-order chi connectivity index (χ1) is 15.7. The van der Waals surface area contributed by atoms with Gasteiger partial charge in [-0.2, -0.15) is 0 Å². The van der Waals surface area contributed by atoms with Crippen molar-refractivity contribution in [3.8, 4) is 16.9 Å². The van der Waals surface area contributed by atoms with Gasteiger partial charge in [0.15, 0.2) is 0 Å². The zero-order chi connectivity index (χ0) is 21.9. The number of imidazole rings is 1. The molecule has 4 aromatic rings. The van der Waals surface area contributed by atoms with Crippen LogP contribution < -0.4 is 4.74 Å². The van der Waals surface area contributed by atoms with Crippen LogP contribution in [0.2, 0.25) is 0 Å². The van der Waals surface area contributed by atoms with Crippen molar-refractivity contribution >= 4 is 16.4 Å². The first kappa shape index (κ1) is 20.9. The molecule has 1 saturated heterocycles. The van der Waals surface area contributed by atoms with Crippen LogP contribution >= 0.6 is 0 Å². The number of aromatic nitrogens is 3. The van der Waals surface area contributed by atoms with E-state index in [9.17, 15) is 0 Å². The van der Waals surface area contributed by atoms with Crippen molar-refractivity contribution in [2.45, 2.75) is 25.2 Å². The van der Waals surface area contributed by atoms with Gasteiger partial charge in [-0.1, -0.05) is 18.2 Å². The number of hydrogen-bond donors (Lipinski definition) is 0. The lowest BCUT2D eigenvalue weighted by Gasteiger charge is -2.21. The molecule has 2 aromatic heterocycles. The number of hydrogen-bond acceptors (Lipinski definition) is 5. The fourth-order valence-corrected chi connectivity index (χ4v) is 4.47. The molecule has 5 rings (SSSR count). The molecule has 6 heteroatoms. The molecule has 0 saturated carbocycles. The molecular formula is C26H30N4O2. The van der Waals surface area contributed by atoms with Gasteiger partial charge in [0.2, 0.25) is 0 Å². The van der Waals surface area contributed by atoms with E-state index < -0.39 is 0 Å². The van der Waals surface area contributed by atoms with E-state index in [2.05, 4.69) is 70.8 Å². The zero-order valence-electron chi connectivity index (χ0n) is 18.8.